The molecule has 138 valence electrons. The van der Waals surface area contributed by atoms with E-state index < -0.39 is 0 Å². The summed E-state index contributed by atoms with van der Waals surface area (Å²) >= 11 is 1.67. The molecule has 4 aromatic rings. The number of thioether (sulfide) groups is 1. The highest BCUT2D eigenvalue weighted by Gasteiger charge is 2.10. The number of ether oxygens (including phenoxy) is 2. The van der Waals surface area contributed by atoms with Crippen LogP contribution in [0.2, 0.25) is 0 Å². The summed E-state index contributed by atoms with van der Waals surface area (Å²) in [6.45, 7) is 0. The van der Waals surface area contributed by atoms with Crippen LogP contribution in [-0.2, 0) is 5.75 Å². The molecule has 0 spiro atoms. The predicted molar refractivity (Wildman–Crippen MR) is 105 cm³/mol. The van der Waals surface area contributed by atoms with Crippen molar-refractivity contribution in [2.24, 2.45) is 0 Å². The topological polar surface area (TPSA) is 62.9 Å². The number of hydrogen-bond donors (Lipinski definition) is 2. The molecule has 0 aliphatic carbocycles. The molecular formula is C20H18FN3O2S. The fourth-order valence-corrected chi connectivity index (χ4v) is 3.86. The van der Waals surface area contributed by atoms with Gasteiger partial charge in [0, 0.05) is 39.0 Å². The average molecular weight is 383 g/mol. The highest BCUT2D eigenvalue weighted by molar-refractivity contribution is 7.98. The van der Waals surface area contributed by atoms with Crippen LogP contribution < -0.4 is 9.47 Å². The first kappa shape index (κ1) is 17.5. The van der Waals surface area contributed by atoms with E-state index in [4.69, 9.17) is 9.47 Å². The van der Waals surface area contributed by atoms with Gasteiger partial charge < -0.3 is 14.5 Å². The number of methoxy groups -OCH3 is 2. The van der Waals surface area contributed by atoms with Crippen LogP contribution in [0.4, 0.5) is 4.39 Å². The molecule has 0 aliphatic heterocycles. The van der Waals surface area contributed by atoms with E-state index in [2.05, 4.69) is 15.2 Å². The lowest BCUT2D eigenvalue weighted by atomic mass is 10.1. The van der Waals surface area contributed by atoms with E-state index in [1.807, 2.05) is 30.5 Å². The molecule has 4 rings (SSSR count). The number of fused-ring (bicyclic) bond motifs is 1. The summed E-state index contributed by atoms with van der Waals surface area (Å²) in [6.07, 6.45) is 1.90. The van der Waals surface area contributed by atoms with Crippen LogP contribution in [0.5, 0.6) is 11.5 Å². The van der Waals surface area contributed by atoms with Crippen LogP contribution in [0.3, 0.4) is 0 Å². The standard InChI is InChI=1S/C20H18FN3O2S/c1-25-18-6-3-12(7-19(18)26-2)16-9-14(23-24-16)11-27-20-10-22-17-8-13(21)4-5-15(17)20/h3-10,22H,11H2,1-2H3,(H,23,24). The van der Waals surface area contributed by atoms with Gasteiger partial charge in [-0.05, 0) is 42.5 Å². The van der Waals surface area contributed by atoms with Gasteiger partial charge in [0.2, 0.25) is 0 Å². The van der Waals surface area contributed by atoms with E-state index in [-0.39, 0.29) is 5.82 Å². The van der Waals surface area contributed by atoms with Gasteiger partial charge in [-0.2, -0.15) is 5.10 Å². The molecule has 2 aromatic carbocycles. The Morgan fingerprint density at radius 3 is 2.70 bits per heavy atom. The smallest absolute Gasteiger partial charge is 0.161 e. The molecule has 2 aromatic heterocycles. The first-order chi connectivity index (χ1) is 13.2. The van der Waals surface area contributed by atoms with Crippen LogP contribution in [0.15, 0.2) is 53.6 Å². The number of rotatable bonds is 6. The lowest BCUT2D eigenvalue weighted by molar-refractivity contribution is 0.355. The Balaban J connectivity index is 1.51. The van der Waals surface area contributed by atoms with Gasteiger partial charge in [-0.3, -0.25) is 5.10 Å². The Bertz CT molecular complexity index is 1090. The van der Waals surface area contributed by atoms with Crippen LogP contribution in [-0.4, -0.2) is 29.4 Å². The van der Waals surface area contributed by atoms with Gasteiger partial charge in [-0.15, -0.1) is 11.8 Å². The third kappa shape index (κ3) is 3.50. The molecule has 0 atom stereocenters. The third-order valence-electron chi connectivity index (χ3n) is 4.30. The normalized spacial score (nSPS) is 11.1. The van der Waals surface area contributed by atoms with Crippen LogP contribution in [0, 0.1) is 5.82 Å². The summed E-state index contributed by atoms with van der Waals surface area (Å²) in [4.78, 5) is 4.18. The first-order valence-electron chi connectivity index (χ1n) is 8.34. The molecule has 0 fully saturated rings. The van der Waals surface area contributed by atoms with Gasteiger partial charge in [-0.1, -0.05) is 0 Å². The molecular weight excluding hydrogens is 365 g/mol. The zero-order chi connectivity index (χ0) is 18.8. The summed E-state index contributed by atoms with van der Waals surface area (Å²) in [7, 11) is 3.22. The molecule has 0 bridgehead atoms. The maximum Gasteiger partial charge on any atom is 0.161 e. The number of H-pyrrole nitrogens is 2. The molecule has 0 saturated heterocycles. The summed E-state index contributed by atoms with van der Waals surface area (Å²) < 4.78 is 23.9. The summed E-state index contributed by atoms with van der Waals surface area (Å²) in [5.74, 6) is 1.84. The summed E-state index contributed by atoms with van der Waals surface area (Å²) in [5, 5.41) is 8.49. The van der Waals surface area contributed by atoms with E-state index in [0.717, 1.165) is 38.5 Å². The highest BCUT2D eigenvalue weighted by atomic mass is 32.2. The Hall–Kier alpha value is -2.93. The molecule has 2 heterocycles. The molecule has 0 radical (unpaired) electrons. The van der Waals surface area contributed by atoms with E-state index >= 15 is 0 Å². The maximum absolute atomic E-state index is 13.3. The minimum atomic E-state index is -0.242. The largest absolute Gasteiger partial charge is 0.493 e. The Morgan fingerprint density at radius 1 is 1.04 bits per heavy atom. The number of nitrogens with one attached hydrogen (secondary N) is 2. The van der Waals surface area contributed by atoms with E-state index in [1.165, 1.54) is 12.1 Å². The number of aromatic nitrogens is 3. The Labute approximate surface area is 159 Å². The van der Waals surface area contributed by atoms with Crippen LogP contribution in [0.25, 0.3) is 22.2 Å². The molecule has 0 unspecified atom stereocenters. The highest BCUT2D eigenvalue weighted by Crippen LogP contribution is 2.33. The lowest BCUT2D eigenvalue weighted by Crippen LogP contribution is -1.90. The van der Waals surface area contributed by atoms with Gasteiger partial charge in [0.1, 0.15) is 5.82 Å². The van der Waals surface area contributed by atoms with Crippen molar-refractivity contribution in [1.29, 1.82) is 0 Å². The van der Waals surface area contributed by atoms with Gasteiger partial charge >= 0.3 is 0 Å². The molecule has 0 aliphatic rings. The Kier molecular flexibility index (Phi) is 4.77. The van der Waals surface area contributed by atoms with Crippen molar-refractivity contribution < 1.29 is 13.9 Å². The Morgan fingerprint density at radius 2 is 1.89 bits per heavy atom. The van der Waals surface area contributed by atoms with Crippen molar-refractivity contribution in [2.45, 2.75) is 10.6 Å². The number of halogens is 1. The number of nitrogens with zero attached hydrogens (tertiary/aromatic N) is 1. The number of benzene rings is 2. The molecule has 0 saturated carbocycles. The van der Waals surface area contributed by atoms with E-state index in [0.29, 0.717) is 11.5 Å². The van der Waals surface area contributed by atoms with Gasteiger partial charge in [0.25, 0.3) is 0 Å². The fraction of sp³-hybridized carbons (Fsp3) is 0.150. The van der Waals surface area contributed by atoms with Crippen LogP contribution >= 0.6 is 11.8 Å². The van der Waals surface area contributed by atoms with Crippen molar-refractivity contribution in [3.8, 4) is 22.8 Å². The minimum Gasteiger partial charge on any atom is -0.493 e. The second-order valence-electron chi connectivity index (χ2n) is 5.98. The van der Waals surface area contributed by atoms with Crippen molar-refractivity contribution >= 4 is 22.7 Å². The van der Waals surface area contributed by atoms with Crippen molar-refractivity contribution in [2.75, 3.05) is 14.2 Å². The predicted octanol–water partition coefficient (Wildman–Crippen LogP) is 5.01. The van der Waals surface area contributed by atoms with E-state index in [9.17, 15) is 4.39 Å². The summed E-state index contributed by atoms with van der Waals surface area (Å²) in [6, 6.07) is 12.5. The quantitative estimate of drug-likeness (QED) is 0.460. The monoisotopic (exact) mass is 383 g/mol. The molecule has 2 N–H and O–H groups in total. The summed E-state index contributed by atoms with van der Waals surface area (Å²) in [5.41, 5.74) is 3.59. The van der Waals surface area contributed by atoms with Crippen LogP contribution in [0.1, 0.15) is 5.69 Å². The minimum absolute atomic E-state index is 0.242. The fourth-order valence-electron chi connectivity index (χ4n) is 2.93. The van der Waals surface area contributed by atoms with Gasteiger partial charge in [0.05, 0.1) is 19.9 Å². The first-order valence-corrected chi connectivity index (χ1v) is 9.32. The van der Waals surface area contributed by atoms with Crippen molar-refractivity contribution in [1.82, 2.24) is 15.2 Å². The van der Waals surface area contributed by atoms with Gasteiger partial charge in [0.15, 0.2) is 11.5 Å². The van der Waals surface area contributed by atoms with Crippen molar-refractivity contribution in [3.05, 3.63) is 60.2 Å². The molecule has 27 heavy (non-hydrogen) atoms. The molecule has 0 amide bonds. The van der Waals surface area contributed by atoms with Gasteiger partial charge in [-0.25, -0.2) is 4.39 Å². The second-order valence-corrected chi connectivity index (χ2v) is 7.00. The zero-order valence-corrected chi connectivity index (χ0v) is 15.7. The maximum atomic E-state index is 13.3. The van der Waals surface area contributed by atoms with E-state index in [1.54, 1.807) is 32.0 Å². The molecule has 5 nitrogen and oxygen atoms in total. The lowest BCUT2D eigenvalue weighted by Gasteiger charge is -2.08. The second kappa shape index (κ2) is 7.36. The molecule has 7 heteroatoms. The average Bonchev–Trinajstić information content (AvgIpc) is 3.32. The SMILES string of the molecule is COc1ccc(-c2cc(CSc3c[nH]c4cc(F)ccc34)[nH]n2)cc1OC. The number of hydrogen-bond acceptors (Lipinski definition) is 4. The van der Waals surface area contributed by atoms with Crippen molar-refractivity contribution in [3.63, 3.8) is 0 Å². The zero-order valence-electron chi connectivity index (χ0n) is 14.9. The third-order valence-corrected chi connectivity index (χ3v) is 5.40. The number of aromatic amines is 2.